The Hall–Kier alpha value is -2.80. The van der Waals surface area contributed by atoms with Crippen molar-refractivity contribution < 1.29 is 23.1 Å². The fourth-order valence-electron chi connectivity index (χ4n) is 2.29. The number of oxazole rings is 1. The molecule has 134 valence electrons. The number of Topliss-reactive ketones (excluding diaryl/α,β-unsaturated/α-hetero) is 1. The van der Waals surface area contributed by atoms with E-state index in [4.69, 9.17) is 13.9 Å². The van der Waals surface area contributed by atoms with Gasteiger partial charge in [0.1, 0.15) is 5.82 Å². The van der Waals surface area contributed by atoms with E-state index in [0.717, 1.165) is 5.56 Å². The minimum Gasteiger partial charge on any atom is -0.493 e. The van der Waals surface area contributed by atoms with Crippen molar-refractivity contribution in [3.63, 3.8) is 0 Å². The van der Waals surface area contributed by atoms with Gasteiger partial charge in [-0.2, -0.15) is 0 Å². The molecule has 0 aliphatic rings. The van der Waals surface area contributed by atoms with E-state index in [1.54, 1.807) is 36.5 Å². The van der Waals surface area contributed by atoms with E-state index >= 15 is 0 Å². The lowest BCUT2D eigenvalue weighted by Crippen LogP contribution is -2.03. The highest BCUT2D eigenvalue weighted by atomic mass is 32.2. The largest absolute Gasteiger partial charge is 0.493 e. The summed E-state index contributed by atoms with van der Waals surface area (Å²) in [6, 6.07) is 10.9. The third-order valence-corrected chi connectivity index (χ3v) is 4.49. The first-order valence-electron chi connectivity index (χ1n) is 7.70. The van der Waals surface area contributed by atoms with E-state index < -0.39 is 0 Å². The summed E-state index contributed by atoms with van der Waals surface area (Å²) < 4.78 is 29.0. The molecule has 2 aromatic carbocycles. The number of rotatable bonds is 7. The third kappa shape index (κ3) is 4.05. The molecule has 7 heteroatoms. The Morgan fingerprint density at radius 3 is 2.54 bits per heavy atom. The average molecular weight is 373 g/mol. The van der Waals surface area contributed by atoms with Crippen molar-refractivity contribution in [1.82, 2.24) is 4.98 Å². The van der Waals surface area contributed by atoms with Crippen molar-refractivity contribution in [1.29, 1.82) is 0 Å². The predicted molar refractivity (Wildman–Crippen MR) is 96.5 cm³/mol. The molecule has 0 fully saturated rings. The number of halogens is 1. The van der Waals surface area contributed by atoms with E-state index in [2.05, 4.69) is 4.98 Å². The number of hydrogen-bond donors (Lipinski definition) is 0. The Kier molecular flexibility index (Phi) is 5.58. The quantitative estimate of drug-likeness (QED) is 0.450. The maximum atomic E-state index is 13.0. The number of carbonyl (C=O) groups excluding carboxylic acids is 1. The van der Waals surface area contributed by atoms with Crippen molar-refractivity contribution in [2.24, 2.45) is 0 Å². The van der Waals surface area contributed by atoms with Crippen LogP contribution in [0, 0.1) is 5.82 Å². The molecule has 1 heterocycles. The van der Waals surface area contributed by atoms with Crippen LogP contribution in [0.4, 0.5) is 4.39 Å². The second-order valence-electron chi connectivity index (χ2n) is 5.28. The van der Waals surface area contributed by atoms with Crippen LogP contribution in [0.2, 0.25) is 0 Å². The number of benzene rings is 2. The van der Waals surface area contributed by atoms with Crippen molar-refractivity contribution in [3.05, 3.63) is 60.0 Å². The van der Waals surface area contributed by atoms with Gasteiger partial charge in [-0.3, -0.25) is 4.79 Å². The molecule has 26 heavy (non-hydrogen) atoms. The second kappa shape index (κ2) is 8.05. The summed E-state index contributed by atoms with van der Waals surface area (Å²) in [5, 5.41) is 0.373. The molecule has 0 bridgehead atoms. The molecular formula is C19H16FNO4S. The summed E-state index contributed by atoms with van der Waals surface area (Å²) in [7, 11) is 3.06. The summed E-state index contributed by atoms with van der Waals surface area (Å²) in [5.74, 6) is 1.34. The average Bonchev–Trinajstić information content (AvgIpc) is 3.15. The van der Waals surface area contributed by atoms with Gasteiger partial charge in [0.05, 0.1) is 26.2 Å². The van der Waals surface area contributed by atoms with Crippen LogP contribution >= 0.6 is 11.8 Å². The molecule has 3 aromatic rings. The Balaban J connectivity index is 1.66. The summed E-state index contributed by atoms with van der Waals surface area (Å²) in [5.41, 5.74) is 1.23. The molecule has 0 radical (unpaired) electrons. The minimum absolute atomic E-state index is 0.0857. The number of methoxy groups -OCH3 is 2. The zero-order valence-corrected chi connectivity index (χ0v) is 15.0. The number of aromatic nitrogens is 1. The summed E-state index contributed by atoms with van der Waals surface area (Å²) >= 11 is 1.19. The van der Waals surface area contributed by atoms with Gasteiger partial charge in [-0.1, -0.05) is 11.8 Å². The standard InChI is InChI=1S/C19H16FNO4S/c1-23-16-8-5-13(9-17(16)24-2)15(22)11-26-19-21-10-18(25-19)12-3-6-14(20)7-4-12/h3-10H,11H2,1-2H3. The lowest BCUT2D eigenvalue weighted by Gasteiger charge is -2.08. The molecule has 0 aliphatic heterocycles. The lowest BCUT2D eigenvalue weighted by molar-refractivity contribution is 0.102. The zero-order chi connectivity index (χ0) is 18.5. The van der Waals surface area contributed by atoms with Crippen LogP contribution in [-0.2, 0) is 0 Å². The molecule has 0 amide bonds. The first-order valence-corrected chi connectivity index (χ1v) is 8.69. The van der Waals surface area contributed by atoms with Gasteiger partial charge in [0.15, 0.2) is 23.0 Å². The van der Waals surface area contributed by atoms with Crippen molar-refractivity contribution in [3.8, 4) is 22.8 Å². The Bertz CT molecular complexity index is 908. The van der Waals surface area contributed by atoms with Gasteiger partial charge in [0.25, 0.3) is 5.22 Å². The van der Waals surface area contributed by atoms with E-state index in [1.165, 1.54) is 38.1 Å². The fourth-order valence-corrected chi connectivity index (χ4v) is 2.99. The van der Waals surface area contributed by atoms with Crippen LogP contribution in [0.25, 0.3) is 11.3 Å². The van der Waals surface area contributed by atoms with Crippen LogP contribution in [0.15, 0.2) is 58.3 Å². The monoisotopic (exact) mass is 373 g/mol. The van der Waals surface area contributed by atoms with Crippen LogP contribution in [0.1, 0.15) is 10.4 Å². The number of hydrogen-bond acceptors (Lipinski definition) is 6. The number of thioether (sulfide) groups is 1. The van der Waals surface area contributed by atoms with Gasteiger partial charge in [-0.05, 0) is 42.5 Å². The topological polar surface area (TPSA) is 61.6 Å². The highest BCUT2D eigenvalue weighted by Crippen LogP contribution is 2.29. The van der Waals surface area contributed by atoms with Gasteiger partial charge in [-0.25, -0.2) is 9.37 Å². The van der Waals surface area contributed by atoms with Gasteiger partial charge in [0.2, 0.25) is 0 Å². The second-order valence-corrected chi connectivity index (χ2v) is 6.21. The fraction of sp³-hybridized carbons (Fsp3) is 0.158. The molecule has 0 saturated heterocycles. The number of ketones is 1. The number of carbonyl (C=O) groups is 1. The highest BCUT2D eigenvalue weighted by molar-refractivity contribution is 7.99. The third-order valence-electron chi connectivity index (χ3n) is 3.65. The normalized spacial score (nSPS) is 10.6. The van der Waals surface area contributed by atoms with Crippen LogP contribution in [-0.4, -0.2) is 30.7 Å². The molecule has 0 saturated carbocycles. The summed E-state index contributed by atoms with van der Waals surface area (Å²) in [4.78, 5) is 16.5. The van der Waals surface area contributed by atoms with E-state index in [9.17, 15) is 9.18 Å². The van der Waals surface area contributed by atoms with Gasteiger partial charge >= 0.3 is 0 Å². The van der Waals surface area contributed by atoms with Crippen molar-refractivity contribution in [2.45, 2.75) is 5.22 Å². The molecule has 5 nitrogen and oxygen atoms in total. The molecule has 0 atom stereocenters. The number of nitrogens with zero attached hydrogens (tertiary/aromatic N) is 1. The lowest BCUT2D eigenvalue weighted by atomic mass is 10.1. The van der Waals surface area contributed by atoms with Gasteiger partial charge < -0.3 is 13.9 Å². The molecule has 3 rings (SSSR count). The van der Waals surface area contributed by atoms with E-state index in [-0.39, 0.29) is 17.4 Å². The molecule has 0 unspecified atom stereocenters. The minimum atomic E-state index is -0.316. The highest BCUT2D eigenvalue weighted by Gasteiger charge is 2.13. The molecule has 0 N–H and O–H groups in total. The Morgan fingerprint density at radius 1 is 1.12 bits per heavy atom. The van der Waals surface area contributed by atoms with Crippen molar-refractivity contribution in [2.75, 3.05) is 20.0 Å². The zero-order valence-electron chi connectivity index (χ0n) is 14.2. The van der Waals surface area contributed by atoms with E-state index in [0.29, 0.717) is 28.0 Å². The molecule has 0 aliphatic carbocycles. The van der Waals surface area contributed by atoms with Crippen LogP contribution < -0.4 is 9.47 Å². The molecule has 0 spiro atoms. The first kappa shape index (κ1) is 18.0. The number of ether oxygens (including phenoxy) is 2. The van der Waals surface area contributed by atoms with Gasteiger partial charge in [0, 0.05) is 11.1 Å². The Morgan fingerprint density at radius 2 is 1.85 bits per heavy atom. The van der Waals surface area contributed by atoms with Crippen LogP contribution in [0.3, 0.4) is 0 Å². The molecule has 1 aromatic heterocycles. The van der Waals surface area contributed by atoms with Crippen molar-refractivity contribution >= 4 is 17.5 Å². The van der Waals surface area contributed by atoms with Gasteiger partial charge in [-0.15, -0.1) is 0 Å². The maximum Gasteiger partial charge on any atom is 0.256 e. The first-order chi connectivity index (χ1) is 12.6. The summed E-state index contributed by atoms with van der Waals surface area (Å²) in [6.07, 6.45) is 1.55. The smallest absolute Gasteiger partial charge is 0.256 e. The maximum absolute atomic E-state index is 13.0. The molecular weight excluding hydrogens is 357 g/mol. The predicted octanol–water partition coefficient (Wildman–Crippen LogP) is 4.47. The van der Waals surface area contributed by atoms with Crippen LogP contribution in [0.5, 0.6) is 11.5 Å². The Labute approximate surface area is 154 Å². The summed E-state index contributed by atoms with van der Waals surface area (Å²) in [6.45, 7) is 0. The van der Waals surface area contributed by atoms with E-state index in [1.807, 2.05) is 0 Å². The SMILES string of the molecule is COc1ccc(C(=O)CSc2ncc(-c3ccc(F)cc3)o2)cc1OC.